The van der Waals surface area contributed by atoms with Crippen LogP contribution in [0.15, 0.2) is 49.1 Å². The number of aromatic nitrogens is 3. The summed E-state index contributed by atoms with van der Waals surface area (Å²) in [6, 6.07) is 8.07. The normalized spacial score (nSPS) is 14.9. The fraction of sp³-hybridized carbons (Fsp3) is 0.278. The summed E-state index contributed by atoms with van der Waals surface area (Å²) in [6.45, 7) is 3.61. The third-order valence-electron chi connectivity index (χ3n) is 4.55. The monoisotopic (exact) mass is 306 g/mol. The van der Waals surface area contributed by atoms with Crippen LogP contribution in [0.25, 0.3) is 5.65 Å². The molecule has 0 unspecified atom stereocenters. The Morgan fingerprint density at radius 3 is 2.83 bits per heavy atom. The Morgan fingerprint density at radius 2 is 2.04 bits per heavy atom. The molecule has 4 heterocycles. The van der Waals surface area contributed by atoms with Gasteiger partial charge in [0, 0.05) is 43.8 Å². The number of hydrogen-bond donors (Lipinski definition) is 0. The van der Waals surface area contributed by atoms with Crippen LogP contribution in [0.4, 0.5) is 0 Å². The molecule has 0 spiro atoms. The van der Waals surface area contributed by atoms with Gasteiger partial charge in [0.05, 0.1) is 12.1 Å². The predicted molar refractivity (Wildman–Crippen MR) is 87.2 cm³/mol. The fourth-order valence-electron chi connectivity index (χ4n) is 3.13. The zero-order valence-electron chi connectivity index (χ0n) is 13.0. The van der Waals surface area contributed by atoms with Crippen molar-refractivity contribution in [2.75, 3.05) is 13.1 Å². The predicted octanol–water partition coefficient (Wildman–Crippen LogP) is 2.21. The highest BCUT2D eigenvalue weighted by molar-refractivity contribution is 5.79. The zero-order valence-corrected chi connectivity index (χ0v) is 13.0. The van der Waals surface area contributed by atoms with E-state index in [-0.39, 0.29) is 5.91 Å². The van der Waals surface area contributed by atoms with Crippen LogP contribution >= 0.6 is 0 Å². The topological polar surface area (TPSA) is 50.5 Å². The molecule has 3 aromatic rings. The van der Waals surface area contributed by atoms with Crippen LogP contribution in [0.2, 0.25) is 0 Å². The number of amides is 1. The minimum absolute atomic E-state index is 0.165. The first-order valence-corrected chi connectivity index (χ1v) is 7.81. The number of hydrogen-bond acceptors (Lipinski definition) is 3. The van der Waals surface area contributed by atoms with E-state index in [0.717, 1.165) is 30.0 Å². The first-order chi connectivity index (χ1) is 11.2. The van der Waals surface area contributed by atoms with Crippen molar-refractivity contribution in [1.82, 2.24) is 19.3 Å². The van der Waals surface area contributed by atoms with E-state index in [1.165, 1.54) is 5.56 Å². The third kappa shape index (κ3) is 2.48. The summed E-state index contributed by atoms with van der Waals surface area (Å²) in [6.07, 6.45) is 7.78. The average molecular weight is 306 g/mol. The molecule has 0 atom stereocenters. The molecule has 4 rings (SSSR count). The number of rotatable bonds is 3. The van der Waals surface area contributed by atoms with Crippen LogP contribution in [0.1, 0.15) is 22.7 Å². The van der Waals surface area contributed by atoms with Crippen molar-refractivity contribution in [2.24, 2.45) is 0 Å². The van der Waals surface area contributed by atoms with Gasteiger partial charge in [-0.25, -0.2) is 4.98 Å². The lowest BCUT2D eigenvalue weighted by atomic mass is 9.92. The molecule has 1 aliphatic heterocycles. The number of fused-ring (bicyclic) bond motifs is 1. The summed E-state index contributed by atoms with van der Waals surface area (Å²) in [5.41, 5.74) is 4.25. The maximum absolute atomic E-state index is 12.5. The van der Waals surface area contributed by atoms with Gasteiger partial charge in [0.25, 0.3) is 0 Å². The quantitative estimate of drug-likeness (QED) is 0.745. The minimum atomic E-state index is 0.165. The molecule has 5 nitrogen and oxygen atoms in total. The molecule has 0 radical (unpaired) electrons. The zero-order chi connectivity index (χ0) is 15.8. The van der Waals surface area contributed by atoms with Gasteiger partial charge in [0.15, 0.2) is 0 Å². The molecule has 1 amide bonds. The van der Waals surface area contributed by atoms with Gasteiger partial charge < -0.3 is 9.30 Å². The summed E-state index contributed by atoms with van der Waals surface area (Å²) < 4.78 is 2.01. The van der Waals surface area contributed by atoms with Crippen LogP contribution in [0.3, 0.4) is 0 Å². The third-order valence-corrected chi connectivity index (χ3v) is 4.55. The van der Waals surface area contributed by atoms with Gasteiger partial charge in [-0.15, -0.1) is 0 Å². The molecule has 0 aromatic carbocycles. The average Bonchev–Trinajstić information content (AvgIpc) is 2.91. The number of imidazole rings is 1. The Bertz CT molecular complexity index is 850. The highest BCUT2D eigenvalue weighted by Gasteiger charge is 2.31. The van der Waals surface area contributed by atoms with Crippen molar-refractivity contribution < 1.29 is 4.79 Å². The molecule has 0 bridgehead atoms. The Labute approximate surface area is 134 Å². The summed E-state index contributed by atoms with van der Waals surface area (Å²) in [7, 11) is 0. The number of aryl methyl sites for hydroxylation is 1. The SMILES string of the molecule is Cc1cccn2c(CC(=O)N3CC(c4ccncc4)C3)cnc12. The molecule has 1 aliphatic rings. The van der Waals surface area contributed by atoms with Crippen LogP contribution in [0, 0.1) is 6.92 Å². The highest BCUT2D eigenvalue weighted by atomic mass is 16.2. The molecule has 116 valence electrons. The fourth-order valence-corrected chi connectivity index (χ4v) is 3.13. The molecule has 1 fully saturated rings. The molecule has 0 N–H and O–H groups in total. The minimum Gasteiger partial charge on any atom is -0.341 e. The summed E-state index contributed by atoms with van der Waals surface area (Å²) in [4.78, 5) is 22.8. The van der Waals surface area contributed by atoms with E-state index in [0.29, 0.717) is 12.3 Å². The van der Waals surface area contributed by atoms with Gasteiger partial charge in [0.1, 0.15) is 5.65 Å². The highest BCUT2D eigenvalue weighted by Crippen LogP contribution is 2.27. The van der Waals surface area contributed by atoms with Gasteiger partial charge in [-0.05, 0) is 36.2 Å². The molecular formula is C18H18N4O. The summed E-state index contributed by atoms with van der Waals surface area (Å²) in [5.74, 6) is 0.602. The number of carbonyl (C=O) groups is 1. The molecule has 0 saturated carbocycles. The second kappa shape index (κ2) is 5.50. The van der Waals surface area contributed by atoms with E-state index in [9.17, 15) is 4.79 Å². The Balaban J connectivity index is 1.44. The van der Waals surface area contributed by atoms with E-state index >= 15 is 0 Å². The molecule has 3 aromatic heterocycles. The number of carbonyl (C=O) groups excluding carboxylic acids is 1. The summed E-state index contributed by atoms with van der Waals surface area (Å²) >= 11 is 0. The molecule has 1 saturated heterocycles. The maximum Gasteiger partial charge on any atom is 0.228 e. The molecule has 0 aliphatic carbocycles. The molecule has 5 heteroatoms. The van der Waals surface area contributed by atoms with E-state index in [4.69, 9.17) is 0 Å². The van der Waals surface area contributed by atoms with Crippen molar-refractivity contribution in [3.8, 4) is 0 Å². The Hall–Kier alpha value is -2.69. The van der Waals surface area contributed by atoms with Crippen LogP contribution < -0.4 is 0 Å². The van der Waals surface area contributed by atoms with E-state index in [2.05, 4.69) is 9.97 Å². The van der Waals surface area contributed by atoms with E-state index in [1.807, 2.05) is 46.7 Å². The molecular weight excluding hydrogens is 288 g/mol. The first-order valence-electron chi connectivity index (χ1n) is 7.81. The summed E-state index contributed by atoms with van der Waals surface area (Å²) in [5, 5.41) is 0. The van der Waals surface area contributed by atoms with Crippen molar-refractivity contribution in [1.29, 1.82) is 0 Å². The number of likely N-dealkylation sites (tertiary alicyclic amines) is 1. The van der Waals surface area contributed by atoms with E-state index < -0.39 is 0 Å². The first kappa shape index (κ1) is 13.9. The lowest BCUT2D eigenvalue weighted by Crippen LogP contribution is -2.49. The molecule has 23 heavy (non-hydrogen) atoms. The van der Waals surface area contributed by atoms with Gasteiger partial charge in [-0.3, -0.25) is 9.78 Å². The van der Waals surface area contributed by atoms with Crippen molar-refractivity contribution in [3.05, 3.63) is 65.9 Å². The lowest BCUT2D eigenvalue weighted by molar-refractivity contribution is -0.134. The van der Waals surface area contributed by atoms with Crippen LogP contribution in [0.5, 0.6) is 0 Å². The Kier molecular flexibility index (Phi) is 3.33. The van der Waals surface area contributed by atoms with Gasteiger partial charge >= 0.3 is 0 Å². The van der Waals surface area contributed by atoms with Crippen LogP contribution in [-0.4, -0.2) is 38.3 Å². The lowest BCUT2D eigenvalue weighted by Gasteiger charge is -2.39. The van der Waals surface area contributed by atoms with Gasteiger partial charge in [-0.2, -0.15) is 0 Å². The largest absolute Gasteiger partial charge is 0.341 e. The van der Waals surface area contributed by atoms with Crippen molar-refractivity contribution in [3.63, 3.8) is 0 Å². The Morgan fingerprint density at radius 1 is 1.26 bits per heavy atom. The van der Waals surface area contributed by atoms with Gasteiger partial charge in [-0.1, -0.05) is 6.07 Å². The van der Waals surface area contributed by atoms with Crippen molar-refractivity contribution >= 4 is 11.6 Å². The number of nitrogens with zero attached hydrogens (tertiary/aromatic N) is 4. The standard InChI is InChI=1S/C18H18N4O/c1-13-3-2-8-22-16(10-20-18(13)22)9-17(23)21-11-15(12-21)14-4-6-19-7-5-14/h2-8,10,15H,9,11-12H2,1H3. The second-order valence-electron chi connectivity index (χ2n) is 6.09. The number of pyridine rings is 2. The second-order valence-corrected chi connectivity index (χ2v) is 6.09. The van der Waals surface area contributed by atoms with Crippen LogP contribution in [-0.2, 0) is 11.2 Å². The van der Waals surface area contributed by atoms with Gasteiger partial charge in [0.2, 0.25) is 5.91 Å². The smallest absolute Gasteiger partial charge is 0.228 e. The van der Waals surface area contributed by atoms with E-state index in [1.54, 1.807) is 18.6 Å². The van der Waals surface area contributed by atoms with Crippen molar-refractivity contribution in [2.45, 2.75) is 19.3 Å². The maximum atomic E-state index is 12.5.